The van der Waals surface area contributed by atoms with E-state index in [1.807, 2.05) is 10.7 Å². The van der Waals surface area contributed by atoms with Gasteiger partial charge in [-0.25, -0.2) is 4.68 Å². The molecule has 3 heterocycles. The third kappa shape index (κ3) is 3.70. The van der Waals surface area contributed by atoms with Gasteiger partial charge >= 0.3 is 0 Å². The Morgan fingerprint density at radius 3 is 2.54 bits per heavy atom. The predicted molar refractivity (Wildman–Crippen MR) is 103 cm³/mol. The number of piperazine rings is 1. The van der Waals surface area contributed by atoms with Crippen molar-refractivity contribution in [3.63, 3.8) is 0 Å². The number of benzene rings is 1. The van der Waals surface area contributed by atoms with Crippen LogP contribution in [0.5, 0.6) is 0 Å². The first-order chi connectivity index (χ1) is 12.8. The number of hydrogen-bond donors (Lipinski definition) is 0. The number of nitrogens with zero attached hydrogens (tertiary/aromatic N) is 6. The molecule has 1 aromatic carbocycles. The van der Waals surface area contributed by atoms with E-state index in [2.05, 4.69) is 74.0 Å². The zero-order valence-corrected chi connectivity index (χ0v) is 15.8. The van der Waals surface area contributed by atoms with Gasteiger partial charge in [-0.2, -0.15) is 0 Å². The van der Waals surface area contributed by atoms with E-state index in [0.717, 1.165) is 38.5 Å². The van der Waals surface area contributed by atoms with Gasteiger partial charge in [0.15, 0.2) is 5.82 Å². The predicted octanol–water partition coefficient (Wildman–Crippen LogP) is 2.51. The zero-order chi connectivity index (χ0) is 17.8. The van der Waals surface area contributed by atoms with Crippen molar-refractivity contribution in [2.24, 2.45) is 0 Å². The van der Waals surface area contributed by atoms with Crippen LogP contribution >= 0.6 is 11.3 Å². The van der Waals surface area contributed by atoms with Crippen LogP contribution in [0.2, 0.25) is 0 Å². The Morgan fingerprint density at radius 2 is 1.85 bits per heavy atom. The maximum absolute atomic E-state index is 4.44. The third-order valence-electron chi connectivity index (χ3n) is 5.01. The number of tetrazole rings is 1. The summed E-state index contributed by atoms with van der Waals surface area (Å²) < 4.78 is 1.95. The van der Waals surface area contributed by atoms with Crippen molar-refractivity contribution in [1.82, 2.24) is 30.0 Å². The number of aromatic nitrogens is 4. The number of hydrogen-bond acceptors (Lipinski definition) is 6. The molecule has 26 heavy (non-hydrogen) atoms. The Hall–Kier alpha value is -2.09. The molecule has 136 valence electrons. The second-order valence-electron chi connectivity index (χ2n) is 6.57. The van der Waals surface area contributed by atoms with E-state index in [9.17, 15) is 0 Å². The van der Waals surface area contributed by atoms with Crippen molar-refractivity contribution in [3.05, 3.63) is 64.1 Å². The first-order valence-electron chi connectivity index (χ1n) is 9.15. The molecule has 1 saturated heterocycles. The molecule has 1 aliphatic heterocycles. The summed E-state index contributed by atoms with van der Waals surface area (Å²) in [5.74, 6) is 0.932. The molecular formula is C19H24N6S. The average molecular weight is 369 g/mol. The van der Waals surface area contributed by atoms with E-state index in [0.29, 0.717) is 6.54 Å². The van der Waals surface area contributed by atoms with Gasteiger partial charge in [-0.05, 0) is 34.0 Å². The van der Waals surface area contributed by atoms with E-state index in [1.165, 1.54) is 10.4 Å². The molecule has 4 rings (SSSR count). The van der Waals surface area contributed by atoms with Gasteiger partial charge in [0.05, 0.1) is 6.54 Å². The zero-order valence-electron chi connectivity index (χ0n) is 15.0. The van der Waals surface area contributed by atoms with Crippen molar-refractivity contribution in [3.8, 4) is 0 Å². The van der Waals surface area contributed by atoms with Gasteiger partial charge in [-0.1, -0.05) is 43.3 Å². The minimum Gasteiger partial charge on any atom is -0.301 e. The molecule has 0 radical (unpaired) electrons. The number of likely N-dealkylation sites (N-methyl/N-ethyl adjacent to an activating group) is 1. The Balaban J connectivity index is 1.62. The van der Waals surface area contributed by atoms with Crippen LogP contribution < -0.4 is 0 Å². The van der Waals surface area contributed by atoms with Gasteiger partial charge < -0.3 is 4.90 Å². The third-order valence-corrected chi connectivity index (χ3v) is 5.94. The van der Waals surface area contributed by atoms with Gasteiger partial charge in [0.2, 0.25) is 0 Å². The fraction of sp³-hybridized carbons (Fsp3) is 0.421. The van der Waals surface area contributed by atoms with E-state index >= 15 is 0 Å². The summed E-state index contributed by atoms with van der Waals surface area (Å²) in [6, 6.07) is 14.8. The maximum atomic E-state index is 4.44. The van der Waals surface area contributed by atoms with Crippen LogP contribution in [0.3, 0.4) is 0 Å². The summed E-state index contributed by atoms with van der Waals surface area (Å²) in [6.45, 7) is 8.30. The fourth-order valence-electron chi connectivity index (χ4n) is 3.53. The van der Waals surface area contributed by atoms with Gasteiger partial charge in [0.1, 0.15) is 6.04 Å². The second kappa shape index (κ2) is 8.07. The summed E-state index contributed by atoms with van der Waals surface area (Å²) in [7, 11) is 0. The van der Waals surface area contributed by atoms with Crippen molar-refractivity contribution < 1.29 is 0 Å². The first-order valence-corrected chi connectivity index (χ1v) is 10.0. The van der Waals surface area contributed by atoms with Crippen molar-refractivity contribution in [2.75, 3.05) is 32.7 Å². The van der Waals surface area contributed by atoms with Crippen LogP contribution in [0.15, 0.2) is 47.8 Å². The smallest absolute Gasteiger partial charge is 0.174 e. The first kappa shape index (κ1) is 17.3. The molecule has 7 heteroatoms. The molecule has 0 unspecified atom stereocenters. The summed E-state index contributed by atoms with van der Waals surface area (Å²) in [5.41, 5.74) is 1.21. The minimum atomic E-state index is 0.118. The largest absolute Gasteiger partial charge is 0.301 e. The van der Waals surface area contributed by atoms with Gasteiger partial charge in [0, 0.05) is 31.1 Å². The highest BCUT2D eigenvalue weighted by Gasteiger charge is 2.30. The van der Waals surface area contributed by atoms with E-state index in [1.54, 1.807) is 11.3 Å². The van der Waals surface area contributed by atoms with Gasteiger partial charge in [-0.15, -0.1) is 16.4 Å². The monoisotopic (exact) mass is 368 g/mol. The lowest BCUT2D eigenvalue weighted by Gasteiger charge is -2.38. The van der Waals surface area contributed by atoms with Gasteiger partial charge in [-0.3, -0.25) is 4.90 Å². The molecule has 3 aromatic rings. The maximum Gasteiger partial charge on any atom is 0.174 e. The highest BCUT2D eigenvalue weighted by molar-refractivity contribution is 7.10. The van der Waals surface area contributed by atoms with Crippen LogP contribution in [0.1, 0.15) is 29.2 Å². The fourth-order valence-corrected chi connectivity index (χ4v) is 4.39. The molecule has 2 aromatic heterocycles. The standard InChI is InChI=1S/C19H24N6S/c1-2-23-10-12-24(13-11-23)18(17-9-6-14-26-17)19-20-21-22-25(19)15-16-7-4-3-5-8-16/h3-9,14,18H,2,10-13,15H2,1H3/t18-/m0/s1. The normalized spacial score (nSPS) is 17.4. The highest BCUT2D eigenvalue weighted by atomic mass is 32.1. The lowest BCUT2D eigenvalue weighted by molar-refractivity contribution is 0.110. The Morgan fingerprint density at radius 1 is 1.04 bits per heavy atom. The molecule has 1 fully saturated rings. The van der Waals surface area contributed by atoms with Crippen LogP contribution in [-0.4, -0.2) is 62.7 Å². The molecule has 0 aliphatic carbocycles. The Bertz CT molecular complexity index is 793. The minimum absolute atomic E-state index is 0.118. The van der Waals surface area contributed by atoms with E-state index < -0.39 is 0 Å². The van der Waals surface area contributed by atoms with Crippen molar-refractivity contribution in [2.45, 2.75) is 19.5 Å². The van der Waals surface area contributed by atoms with Crippen LogP contribution in [0, 0.1) is 0 Å². The highest BCUT2D eigenvalue weighted by Crippen LogP contribution is 2.31. The summed E-state index contributed by atoms with van der Waals surface area (Å²) in [6.07, 6.45) is 0. The summed E-state index contributed by atoms with van der Waals surface area (Å²) in [4.78, 5) is 6.32. The van der Waals surface area contributed by atoms with E-state index in [-0.39, 0.29) is 6.04 Å². The molecule has 0 amide bonds. The molecule has 0 bridgehead atoms. The van der Waals surface area contributed by atoms with Crippen molar-refractivity contribution >= 4 is 11.3 Å². The molecule has 0 N–H and O–H groups in total. The molecule has 6 nitrogen and oxygen atoms in total. The summed E-state index contributed by atoms with van der Waals surface area (Å²) in [5, 5.41) is 14.9. The van der Waals surface area contributed by atoms with Crippen LogP contribution in [0.25, 0.3) is 0 Å². The quantitative estimate of drug-likeness (QED) is 0.669. The lowest BCUT2D eigenvalue weighted by atomic mass is 10.1. The molecule has 1 aliphatic rings. The molecule has 0 saturated carbocycles. The average Bonchev–Trinajstić information content (AvgIpc) is 3.37. The topological polar surface area (TPSA) is 50.1 Å². The van der Waals surface area contributed by atoms with Crippen LogP contribution in [-0.2, 0) is 6.54 Å². The second-order valence-corrected chi connectivity index (χ2v) is 7.55. The number of rotatable bonds is 6. The summed E-state index contributed by atoms with van der Waals surface area (Å²) >= 11 is 1.78. The van der Waals surface area contributed by atoms with Gasteiger partial charge in [0.25, 0.3) is 0 Å². The Kier molecular flexibility index (Phi) is 5.38. The molecular weight excluding hydrogens is 344 g/mol. The van der Waals surface area contributed by atoms with E-state index in [4.69, 9.17) is 0 Å². The lowest BCUT2D eigenvalue weighted by Crippen LogP contribution is -2.48. The van der Waals surface area contributed by atoms with Crippen molar-refractivity contribution in [1.29, 1.82) is 0 Å². The number of thiophene rings is 1. The van der Waals surface area contributed by atoms with Crippen LogP contribution in [0.4, 0.5) is 0 Å². The SMILES string of the molecule is CCN1CCN([C@@H](c2cccs2)c2nnnn2Cc2ccccc2)CC1. The molecule has 0 spiro atoms. The Labute approximate surface area is 158 Å². The molecule has 1 atom stereocenters.